The van der Waals surface area contributed by atoms with E-state index in [1.54, 1.807) is 26.2 Å². The maximum Gasteiger partial charge on any atom is 0.251 e. The minimum atomic E-state index is -0.247. The lowest BCUT2D eigenvalue weighted by Gasteiger charge is -2.13. The number of ether oxygens (including phenoxy) is 1. The number of benzene rings is 1. The van der Waals surface area contributed by atoms with Crippen LogP contribution in [0.15, 0.2) is 24.3 Å². The first kappa shape index (κ1) is 12.7. The second-order valence-corrected chi connectivity index (χ2v) is 3.65. The molecule has 16 heavy (non-hydrogen) atoms. The number of nitrogens with one attached hydrogen (secondary N) is 1. The molecule has 0 radical (unpaired) electrons. The summed E-state index contributed by atoms with van der Waals surface area (Å²) in [6, 6.07) is 7.01. The van der Waals surface area contributed by atoms with Crippen molar-refractivity contribution >= 4 is 5.91 Å². The first-order valence-corrected chi connectivity index (χ1v) is 5.17. The third kappa shape index (κ3) is 3.32. The Kier molecular flexibility index (Phi) is 4.95. The Morgan fingerprint density at radius 3 is 2.81 bits per heavy atom. The molecule has 0 bridgehead atoms. The van der Waals surface area contributed by atoms with Crippen molar-refractivity contribution in [2.45, 2.75) is 19.6 Å². The normalized spacial score (nSPS) is 12.2. The fourth-order valence-electron chi connectivity index (χ4n) is 1.37. The van der Waals surface area contributed by atoms with Crippen molar-refractivity contribution in [2.24, 2.45) is 0 Å². The summed E-state index contributed by atoms with van der Waals surface area (Å²) in [5.74, 6) is -0.186. The van der Waals surface area contributed by atoms with Crippen molar-refractivity contribution in [3.63, 3.8) is 0 Å². The Labute approximate surface area is 95.2 Å². The number of hydrogen-bond acceptors (Lipinski definition) is 3. The van der Waals surface area contributed by atoms with E-state index in [1.807, 2.05) is 12.1 Å². The number of rotatable bonds is 5. The van der Waals surface area contributed by atoms with Gasteiger partial charge in [-0.25, -0.2) is 0 Å². The second kappa shape index (κ2) is 6.25. The van der Waals surface area contributed by atoms with Crippen molar-refractivity contribution in [3.8, 4) is 0 Å². The quantitative estimate of drug-likeness (QED) is 0.781. The molecule has 0 heterocycles. The van der Waals surface area contributed by atoms with E-state index in [1.165, 1.54) is 0 Å². The third-order valence-corrected chi connectivity index (χ3v) is 2.21. The van der Waals surface area contributed by atoms with Crippen LogP contribution >= 0.6 is 0 Å². The smallest absolute Gasteiger partial charge is 0.251 e. The molecular weight excluding hydrogens is 206 g/mol. The van der Waals surface area contributed by atoms with E-state index in [-0.39, 0.29) is 18.6 Å². The highest BCUT2D eigenvalue weighted by molar-refractivity contribution is 5.95. The lowest BCUT2D eigenvalue weighted by atomic mass is 10.1. The van der Waals surface area contributed by atoms with Gasteiger partial charge >= 0.3 is 0 Å². The van der Waals surface area contributed by atoms with Gasteiger partial charge in [0.05, 0.1) is 13.2 Å². The zero-order chi connectivity index (χ0) is 12.0. The molecule has 0 saturated carbocycles. The van der Waals surface area contributed by atoms with Crippen LogP contribution in [0.2, 0.25) is 0 Å². The predicted molar refractivity (Wildman–Crippen MR) is 61.2 cm³/mol. The van der Waals surface area contributed by atoms with Crippen molar-refractivity contribution in [1.82, 2.24) is 5.32 Å². The van der Waals surface area contributed by atoms with E-state index in [2.05, 4.69) is 5.32 Å². The third-order valence-electron chi connectivity index (χ3n) is 2.21. The fourth-order valence-corrected chi connectivity index (χ4v) is 1.37. The molecule has 0 aliphatic carbocycles. The molecule has 0 spiro atoms. The van der Waals surface area contributed by atoms with Crippen LogP contribution in [0.4, 0.5) is 0 Å². The number of aliphatic hydroxyl groups excluding tert-OH is 1. The van der Waals surface area contributed by atoms with E-state index >= 15 is 0 Å². The highest BCUT2D eigenvalue weighted by atomic mass is 16.5. The molecule has 0 aromatic heterocycles. The molecule has 0 saturated heterocycles. The van der Waals surface area contributed by atoms with Gasteiger partial charge < -0.3 is 15.2 Å². The minimum Gasteiger partial charge on any atom is -0.394 e. The molecule has 4 nitrogen and oxygen atoms in total. The number of methoxy groups -OCH3 is 1. The Hall–Kier alpha value is -1.39. The number of amides is 1. The van der Waals surface area contributed by atoms with Gasteiger partial charge in [-0.15, -0.1) is 0 Å². The molecule has 1 aromatic carbocycles. The summed E-state index contributed by atoms with van der Waals surface area (Å²) in [4.78, 5) is 11.8. The van der Waals surface area contributed by atoms with Gasteiger partial charge in [0, 0.05) is 18.7 Å². The van der Waals surface area contributed by atoms with Crippen LogP contribution in [0.5, 0.6) is 0 Å². The summed E-state index contributed by atoms with van der Waals surface area (Å²) in [5.41, 5.74) is 1.43. The predicted octanol–water partition coefficient (Wildman–Crippen LogP) is 0.944. The van der Waals surface area contributed by atoms with Gasteiger partial charge in [-0.05, 0) is 18.6 Å². The van der Waals surface area contributed by atoms with Crippen LogP contribution in [0.25, 0.3) is 0 Å². The van der Waals surface area contributed by atoms with Crippen LogP contribution in [0, 0.1) is 0 Å². The second-order valence-electron chi connectivity index (χ2n) is 3.65. The molecule has 1 amide bonds. The fraction of sp³-hybridized carbons (Fsp3) is 0.417. The van der Waals surface area contributed by atoms with Gasteiger partial charge in [0.1, 0.15) is 0 Å². The molecule has 2 N–H and O–H groups in total. The van der Waals surface area contributed by atoms with Crippen molar-refractivity contribution in [1.29, 1.82) is 0 Å². The first-order valence-electron chi connectivity index (χ1n) is 5.17. The van der Waals surface area contributed by atoms with Crippen LogP contribution in [-0.4, -0.2) is 30.8 Å². The lowest BCUT2D eigenvalue weighted by molar-refractivity contribution is 0.0917. The molecule has 0 aliphatic heterocycles. The molecule has 0 unspecified atom stereocenters. The molecule has 1 atom stereocenters. The number of carbonyl (C=O) groups excluding carboxylic acids is 1. The zero-order valence-electron chi connectivity index (χ0n) is 9.56. The highest BCUT2D eigenvalue weighted by Crippen LogP contribution is 2.09. The monoisotopic (exact) mass is 223 g/mol. The summed E-state index contributed by atoms with van der Waals surface area (Å²) in [6.07, 6.45) is 0. The van der Waals surface area contributed by atoms with Gasteiger partial charge in [0.25, 0.3) is 5.91 Å². The van der Waals surface area contributed by atoms with Crippen LogP contribution in [-0.2, 0) is 11.3 Å². The average Bonchev–Trinajstić information content (AvgIpc) is 2.30. The molecule has 88 valence electrons. The summed E-state index contributed by atoms with van der Waals surface area (Å²) in [7, 11) is 1.59. The summed E-state index contributed by atoms with van der Waals surface area (Å²) >= 11 is 0. The van der Waals surface area contributed by atoms with Crippen LogP contribution in [0.1, 0.15) is 22.8 Å². The Balaban J connectivity index is 2.81. The summed E-state index contributed by atoms with van der Waals surface area (Å²) in [5, 5.41) is 11.6. The van der Waals surface area contributed by atoms with E-state index in [0.717, 1.165) is 5.56 Å². The maximum atomic E-state index is 11.8. The van der Waals surface area contributed by atoms with Gasteiger partial charge in [-0.3, -0.25) is 4.79 Å². The molecule has 0 fully saturated rings. The number of aliphatic hydroxyl groups is 1. The number of hydrogen-bond donors (Lipinski definition) is 2. The van der Waals surface area contributed by atoms with E-state index in [9.17, 15) is 4.79 Å². The standard InChI is InChI=1S/C12H17NO3/c1-9(7-14)13-12(15)11-6-4-3-5-10(11)8-16-2/h3-6,9,14H,7-8H2,1-2H3,(H,13,15)/t9-/m0/s1. The maximum absolute atomic E-state index is 11.8. The topological polar surface area (TPSA) is 58.6 Å². The van der Waals surface area contributed by atoms with Crippen LogP contribution < -0.4 is 5.32 Å². The van der Waals surface area contributed by atoms with Gasteiger partial charge in [0.15, 0.2) is 0 Å². The average molecular weight is 223 g/mol. The SMILES string of the molecule is COCc1ccccc1C(=O)N[C@@H](C)CO. The summed E-state index contributed by atoms with van der Waals surface area (Å²) in [6.45, 7) is 2.08. The Morgan fingerprint density at radius 1 is 1.50 bits per heavy atom. The first-order chi connectivity index (χ1) is 7.69. The highest BCUT2D eigenvalue weighted by Gasteiger charge is 2.12. The molecule has 0 aliphatic rings. The van der Waals surface area contributed by atoms with E-state index in [4.69, 9.17) is 9.84 Å². The molecule has 1 aromatic rings. The van der Waals surface area contributed by atoms with Gasteiger partial charge in [-0.1, -0.05) is 18.2 Å². The van der Waals surface area contributed by atoms with E-state index < -0.39 is 0 Å². The van der Waals surface area contributed by atoms with Crippen LogP contribution in [0.3, 0.4) is 0 Å². The minimum absolute atomic E-state index is 0.0712. The van der Waals surface area contributed by atoms with Crippen molar-refractivity contribution < 1.29 is 14.6 Å². The Morgan fingerprint density at radius 2 is 2.19 bits per heavy atom. The van der Waals surface area contributed by atoms with Crippen molar-refractivity contribution in [2.75, 3.05) is 13.7 Å². The zero-order valence-corrected chi connectivity index (χ0v) is 9.56. The summed E-state index contributed by atoms with van der Waals surface area (Å²) < 4.78 is 5.02. The lowest BCUT2D eigenvalue weighted by Crippen LogP contribution is -2.35. The van der Waals surface area contributed by atoms with Gasteiger partial charge in [0.2, 0.25) is 0 Å². The molecule has 4 heteroatoms. The van der Waals surface area contributed by atoms with E-state index in [0.29, 0.717) is 12.2 Å². The largest absolute Gasteiger partial charge is 0.394 e. The Bertz CT molecular complexity index is 352. The van der Waals surface area contributed by atoms with Gasteiger partial charge in [-0.2, -0.15) is 0 Å². The molecular formula is C12H17NO3. The van der Waals surface area contributed by atoms with Crippen molar-refractivity contribution in [3.05, 3.63) is 35.4 Å². The number of carbonyl (C=O) groups is 1. The molecule has 1 rings (SSSR count).